The first kappa shape index (κ1) is 21.5. The van der Waals surface area contributed by atoms with Gasteiger partial charge >= 0.3 is 6.09 Å². The number of hydrogen-bond donors (Lipinski definition) is 1. The first-order valence-electron chi connectivity index (χ1n) is 9.59. The third-order valence-electron chi connectivity index (χ3n) is 4.40. The van der Waals surface area contributed by atoms with Gasteiger partial charge in [-0.3, -0.25) is 9.69 Å². The number of ether oxygens (including phenoxy) is 1. The van der Waals surface area contributed by atoms with Gasteiger partial charge in [-0.1, -0.05) is 37.6 Å². The lowest BCUT2D eigenvalue weighted by Gasteiger charge is -2.21. The van der Waals surface area contributed by atoms with Gasteiger partial charge in [-0.2, -0.15) is 0 Å². The molecule has 27 heavy (non-hydrogen) atoms. The van der Waals surface area contributed by atoms with Crippen LogP contribution in [-0.2, 0) is 16.0 Å². The minimum absolute atomic E-state index is 0.0137. The maximum atomic E-state index is 12.2. The van der Waals surface area contributed by atoms with Crippen molar-refractivity contribution in [3.63, 3.8) is 0 Å². The number of carbonyl (C=O) groups is 2. The molecule has 2 rings (SSSR count). The zero-order valence-electron chi connectivity index (χ0n) is 16.2. The van der Waals surface area contributed by atoms with Gasteiger partial charge in [0.25, 0.3) is 0 Å². The molecule has 1 aliphatic heterocycles. The van der Waals surface area contributed by atoms with Crippen LogP contribution in [0.15, 0.2) is 24.3 Å². The highest BCUT2D eigenvalue weighted by atomic mass is 35.5. The van der Waals surface area contributed by atoms with Gasteiger partial charge in [0.2, 0.25) is 5.91 Å². The molecule has 1 N–H and O–H groups in total. The molecule has 1 fully saturated rings. The number of nitrogens with zero attached hydrogens (tertiary/aromatic N) is 2. The molecule has 150 valence electrons. The summed E-state index contributed by atoms with van der Waals surface area (Å²) in [7, 11) is 0. The van der Waals surface area contributed by atoms with E-state index in [1.807, 2.05) is 38.1 Å². The van der Waals surface area contributed by atoms with Crippen LogP contribution >= 0.6 is 11.6 Å². The minimum Gasteiger partial charge on any atom is -0.449 e. The van der Waals surface area contributed by atoms with Crippen molar-refractivity contribution in [2.24, 2.45) is 5.92 Å². The highest BCUT2D eigenvalue weighted by Gasteiger charge is 2.21. The zero-order valence-corrected chi connectivity index (χ0v) is 17.0. The van der Waals surface area contributed by atoms with E-state index in [2.05, 4.69) is 10.2 Å². The Bertz CT molecular complexity index is 607. The van der Waals surface area contributed by atoms with Gasteiger partial charge in [0.05, 0.1) is 13.2 Å². The Morgan fingerprint density at radius 2 is 1.89 bits per heavy atom. The fraction of sp³-hybridized carbons (Fsp3) is 0.600. The van der Waals surface area contributed by atoms with E-state index in [0.29, 0.717) is 50.3 Å². The van der Waals surface area contributed by atoms with E-state index in [0.717, 1.165) is 24.9 Å². The molecule has 0 bridgehead atoms. The van der Waals surface area contributed by atoms with Gasteiger partial charge in [0.1, 0.15) is 0 Å². The summed E-state index contributed by atoms with van der Waals surface area (Å²) in [5.41, 5.74) is 1.14. The smallest absolute Gasteiger partial charge is 0.409 e. The largest absolute Gasteiger partial charge is 0.449 e. The summed E-state index contributed by atoms with van der Waals surface area (Å²) >= 11 is 5.87. The number of benzene rings is 1. The molecule has 2 amide bonds. The summed E-state index contributed by atoms with van der Waals surface area (Å²) < 4.78 is 5.30. The van der Waals surface area contributed by atoms with Gasteiger partial charge in [-0.15, -0.1) is 0 Å². The standard InChI is InChI=1S/C20H30ClN3O3/c1-16(2)15-27-20(26)24-11-3-10-23(12-13-24)14-19(25)22-9-8-17-4-6-18(21)7-5-17/h4-7,16H,3,8-15H2,1-2H3,(H,22,25). The molecule has 0 aromatic heterocycles. The molecule has 1 aromatic carbocycles. The molecule has 0 unspecified atom stereocenters. The highest BCUT2D eigenvalue weighted by molar-refractivity contribution is 6.30. The van der Waals surface area contributed by atoms with Crippen LogP contribution in [0.1, 0.15) is 25.8 Å². The van der Waals surface area contributed by atoms with E-state index in [1.165, 1.54) is 0 Å². The second-order valence-corrected chi connectivity index (χ2v) is 7.75. The van der Waals surface area contributed by atoms with Gasteiger partial charge in [-0.05, 0) is 36.5 Å². The maximum Gasteiger partial charge on any atom is 0.409 e. The second kappa shape index (κ2) is 11.1. The summed E-state index contributed by atoms with van der Waals surface area (Å²) in [5.74, 6) is 0.341. The number of carbonyl (C=O) groups excluding carboxylic acids is 2. The van der Waals surface area contributed by atoms with Gasteiger partial charge in [0.15, 0.2) is 0 Å². The number of nitrogens with one attached hydrogen (secondary N) is 1. The molecule has 1 heterocycles. The van der Waals surface area contributed by atoms with Crippen molar-refractivity contribution in [1.82, 2.24) is 15.1 Å². The van der Waals surface area contributed by atoms with Crippen molar-refractivity contribution in [2.75, 3.05) is 45.9 Å². The van der Waals surface area contributed by atoms with Crippen LogP contribution in [0.3, 0.4) is 0 Å². The van der Waals surface area contributed by atoms with Gasteiger partial charge < -0.3 is 15.0 Å². The van der Waals surface area contributed by atoms with Gasteiger partial charge in [-0.25, -0.2) is 4.79 Å². The average molecular weight is 396 g/mol. The summed E-state index contributed by atoms with van der Waals surface area (Å²) in [6, 6.07) is 7.65. The summed E-state index contributed by atoms with van der Waals surface area (Å²) in [4.78, 5) is 28.1. The molecule has 1 aliphatic rings. The first-order valence-corrected chi connectivity index (χ1v) is 9.97. The number of amides is 2. The van der Waals surface area contributed by atoms with E-state index in [4.69, 9.17) is 16.3 Å². The summed E-state index contributed by atoms with van der Waals surface area (Å²) in [5, 5.41) is 3.68. The fourth-order valence-electron chi connectivity index (χ4n) is 2.90. The number of rotatable bonds is 7. The Morgan fingerprint density at radius 1 is 1.15 bits per heavy atom. The quantitative estimate of drug-likeness (QED) is 0.771. The van der Waals surface area contributed by atoms with Crippen LogP contribution < -0.4 is 5.32 Å². The predicted molar refractivity (Wildman–Crippen MR) is 107 cm³/mol. The van der Waals surface area contributed by atoms with Crippen molar-refractivity contribution in [1.29, 1.82) is 0 Å². The van der Waals surface area contributed by atoms with Crippen molar-refractivity contribution >= 4 is 23.6 Å². The van der Waals surface area contributed by atoms with Crippen molar-refractivity contribution in [3.8, 4) is 0 Å². The molecular weight excluding hydrogens is 366 g/mol. The Labute approximate surface area is 166 Å². The van der Waals surface area contributed by atoms with Crippen molar-refractivity contribution in [2.45, 2.75) is 26.7 Å². The lowest BCUT2D eigenvalue weighted by Crippen LogP contribution is -2.40. The molecule has 0 saturated carbocycles. The molecule has 0 aliphatic carbocycles. The Kier molecular flexibility index (Phi) is 8.88. The van der Waals surface area contributed by atoms with Crippen LogP contribution in [0.25, 0.3) is 0 Å². The van der Waals surface area contributed by atoms with Crippen molar-refractivity contribution in [3.05, 3.63) is 34.9 Å². The van der Waals surface area contributed by atoms with Crippen LogP contribution in [0.5, 0.6) is 0 Å². The Morgan fingerprint density at radius 3 is 2.59 bits per heavy atom. The third-order valence-corrected chi connectivity index (χ3v) is 4.66. The first-order chi connectivity index (χ1) is 12.9. The Hall–Kier alpha value is -1.79. The predicted octanol–water partition coefficient (Wildman–Crippen LogP) is 2.80. The topological polar surface area (TPSA) is 61.9 Å². The second-order valence-electron chi connectivity index (χ2n) is 7.31. The molecular formula is C20H30ClN3O3. The van der Waals surface area contributed by atoms with Gasteiger partial charge in [0, 0.05) is 37.7 Å². The van der Waals surface area contributed by atoms with E-state index in [9.17, 15) is 9.59 Å². The molecule has 6 nitrogen and oxygen atoms in total. The van der Waals surface area contributed by atoms with Crippen LogP contribution in [0, 0.1) is 5.92 Å². The molecule has 1 aromatic rings. The minimum atomic E-state index is -0.252. The number of halogens is 1. The fourth-order valence-corrected chi connectivity index (χ4v) is 3.02. The molecule has 0 atom stereocenters. The van der Waals surface area contributed by atoms with Crippen LogP contribution in [-0.4, -0.2) is 67.7 Å². The molecule has 1 saturated heterocycles. The van der Waals surface area contributed by atoms with E-state index >= 15 is 0 Å². The summed E-state index contributed by atoms with van der Waals surface area (Å²) in [6.07, 6.45) is 1.37. The third kappa shape index (κ3) is 8.18. The molecule has 0 spiro atoms. The van der Waals surface area contributed by atoms with E-state index in [-0.39, 0.29) is 12.0 Å². The lowest BCUT2D eigenvalue weighted by molar-refractivity contribution is -0.122. The normalized spacial score (nSPS) is 15.5. The van der Waals surface area contributed by atoms with E-state index in [1.54, 1.807) is 4.90 Å². The maximum absolute atomic E-state index is 12.2. The van der Waals surface area contributed by atoms with Crippen molar-refractivity contribution < 1.29 is 14.3 Å². The monoisotopic (exact) mass is 395 g/mol. The molecule has 7 heteroatoms. The van der Waals surface area contributed by atoms with E-state index < -0.39 is 0 Å². The summed E-state index contributed by atoms with van der Waals surface area (Å²) in [6.45, 7) is 8.18. The highest BCUT2D eigenvalue weighted by Crippen LogP contribution is 2.09. The average Bonchev–Trinajstić information content (AvgIpc) is 2.87. The molecule has 0 radical (unpaired) electrons. The SMILES string of the molecule is CC(C)COC(=O)N1CCCN(CC(=O)NCCc2ccc(Cl)cc2)CC1. The number of hydrogen-bond acceptors (Lipinski definition) is 4. The lowest BCUT2D eigenvalue weighted by atomic mass is 10.1. The van der Waals surface area contributed by atoms with Crippen LogP contribution in [0.4, 0.5) is 4.79 Å². The Balaban J connectivity index is 1.67. The zero-order chi connectivity index (χ0) is 19.6. The van der Waals surface area contributed by atoms with Crippen LogP contribution in [0.2, 0.25) is 5.02 Å².